The molecule has 184 valence electrons. The van der Waals surface area contributed by atoms with Crippen molar-refractivity contribution in [3.05, 3.63) is 81.4 Å². The SMILES string of the molecule is COc1ccc(-c2nc3cc(C(C)C)ccc3o2)cc1NC(=S)NC(=O)c1ccc(C)c([N+](=O)[O-])c1. The van der Waals surface area contributed by atoms with Gasteiger partial charge in [0.05, 0.1) is 17.7 Å². The Morgan fingerprint density at radius 2 is 1.92 bits per heavy atom. The average Bonchev–Trinajstić information content (AvgIpc) is 3.27. The predicted molar refractivity (Wildman–Crippen MR) is 142 cm³/mol. The number of anilines is 1. The van der Waals surface area contributed by atoms with E-state index in [-0.39, 0.29) is 16.4 Å². The van der Waals surface area contributed by atoms with Gasteiger partial charge in [-0.15, -0.1) is 0 Å². The van der Waals surface area contributed by atoms with Crippen LogP contribution in [-0.2, 0) is 0 Å². The van der Waals surface area contributed by atoms with E-state index in [2.05, 4.69) is 29.5 Å². The second-order valence-corrected chi connectivity index (χ2v) is 8.89. The van der Waals surface area contributed by atoms with Gasteiger partial charge in [-0.05, 0) is 67.0 Å². The van der Waals surface area contributed by atoms with Gasteiger partial charge in [0.1, 0.15) is 11.3 Å². The normalized spacial score (nSPS) is 10.9. The van der Waals surface area contributed by atoms with Gasteiger partial charge in [-0.3, -0.25) is 20.2 Å². The number of rotatable bonds is 6. The lowest BCUT2D eigenvalue weighted by Gasteiger charge is -2.13. The molecule has 9 nitrogen and oxygen atoms in total. The maximum Gasteiger partial charge on any atom is 0.273 e. The largest absolute Gasteiger partial charge is 0.495 e. The van der Waals surface area contributed by atoms with Crippen LogP contribution in [0.2, 0.25) is 0 Å². The molecule has 0 spiro atoms. The number of hydrogen-bond donors (Lipinski definition) is 2. The maximum absolute atomic E-state index is 12.6. The number of carbonyl (C=O) groups excluding carboxylic acids is 1. The molecule has 1 aromatic heterocycles. The average molecular weight is 505 g/mol. The number of fused-ring (bicyclic) bond motifs is 1. The fourth-order valence-corrected chi connectivity index (χ4v) is 3.84. The van der Waals surface area contributed by atoms with Crippen LogP contribution in [0.15, 0.2) is 59.0 Å². The summed E-state index contributed by atoms with van der Waals surface area (Å²) in [6.45, 7) is 5.84. The van der Waals surface area contributed by atoms with Crippen molar-refractivity contribution in [2.24, 2.45) is 0 Å². The number of nitro groups is 1. The number of aromatic nitrogens is 1. The molecule has 0 aliphatic rings. The van der Waals surface area contributed by atoms with Crippen LogP contribution in [0.3, 0.4) is 0 Å². The van der Waals surface area contributed by atoms with E-state index in [1.165, 1.54) is 30.9 Å². The standard InChI is InChI=1S/C26H24N4O5S/c1-14(2)16-7-10-23-20(11-16)27-25(35-23)18-8-9-22(34-4)19(12-18)28-26(36)29-24(31)17-6-5-15(3)21(13-17)30(32)33/h5-14H,1-4H3,(H2,28,29,31,36). The molecule has 0 aliphatic carbocycles. The van der Waals surface area contributed by atoms with Gasteiger partial charge in [-0.1, -0.05) is 26.0 Å². The summed E-state index contributed by atoms with van der Waals surface area (Å²) >= 11 is 5.31. The van der Waals surface area contributed by atoms with Crippen LogP contribution in [0.5, 0.6) is 5.75 Å². The van der Waals surface area contributed by atoms with Gasteiger partial charge in [-0.2, -0.15) is 0 Å². The van der Waals surface area contributed by atoms with Gasteiger partial charge in [0, 0.05) is 22.8 Å². The summed E-state index contributed by atoms with van der Waals surface area (Å²) in [5, 5.41) is 16.7. The highest BCUT2D eigenvalue weighted by atomic mass is 32.1. The number of methoxy groups -OCH3 is 1. The molecular formula is C26H24N4O5S. The van der Waals surface area contributed by atoms with E-state index in [1.54, 1.807) is 19.1 Å². The monoisotopic (exact) mass is 504 g/mol. The number of nitro benzene ring substituents is 1. The van der Waals surface area contributed by atoms with Crippen molar-refractivity contribution in [1.82, 2.24) is 10.3 Å². The Hall–Kier alpha value is -4.31. The molecule has 0 saturated carbocycles. The van der Waals surface area contributed by atoms with E-state index < -0.39 is 10.8 Å². The summed E-state index contributed by atoms with van der Waals surface area (Å²) in [5.74, 6) is 0.706. The van der Waals surface area contributed by atoms with Crippen LogP contribution in [-0.4, -0.2) is 28.0 Å². The van der Waals surface area contributed by atoms with Crippen molar-refractivity contribution in [2.75, 3.05) is 12.4 Å². The summed E-state index contributed by atoms with van der Waals surface area (Å²) in [4.78, 5) is 27.9. The number of thiocarbonyl (C=S) groups is 1. The highest BCUT2D eigenvalue weighted by molar-refractivity contribution is 7.80. The number of oxazole rings is 1. The van der Waals surface area contributed by atoms with Gasteiger partial charge >= 0.3 is 0 Å². The van der Waals surface area contributed by atoms with Gasteiger partial charge in [0.2, 0.25) is 5.89 Å². The topological polar surface area (TPSA) is 120 Å². The van der Waals surface area contributed by atoms with Crippen LogP contribution in [0.25, 0.3) is 22.6 Å². The molecule has 2 N–H and O–H groups in total. The quantitative estimate of drug-likeness (QED) is 0.187. The lowest BCUT2D eigenvalue weighted by molar-refractivity contribution is -0.385. The summed E-state index contributed by atoms with van der Waals surface area (Å²) in [5.41, 5.74) is 4.20. The van der Waals surface area contributed by atoms with E-state index in [0.29, 0.717) is 40.0 Å². The molecule has 0 saturated heterocycles. The number of aryl methyl sites for hydroxylation is 1. The van der Waals surface area contributed by atoms with Crippen molar-refractivity contribution in [1.29, 1.82) is 0 Å². The smallest absolute Gasteiger partial charge is 0.273 e. The molecule has 0 radical (unpaired) electrons. The zero-order chi connectivity index (χ0) is 26.0. The molecule has 1 amide bonds. The molecule has 0 fully saturated rings. The van der Waals surface area contributed by atoms with E-state index in [0.717, 1.165) is 5.52 Å². The Morgan fingerprint density at radius 1 is 1.14 bits per heavy atom. The van der Waals surface area contributed by atoms with E-state index in [4.69, 9.17) is 21.4 Å². The van der Waals surface area contributed by atoms with Crippen LogP contribution in [0.1, 0.15) is 41.3 Å². The summed E-state index contributed by atoms with van der Waals surface area (Å²) in [6.07, 6.45) is 0. The molecule has 4 aromatic rings. The van der Waals surface area contributed by atoms with Crippen LogP contribution >= 0.6 is 12.2 Å². The zero-order valence-electron chi connectivity index (χ0n) is 20.1. The fraction of sp³-hybridized carbons (Fsp3) is 0.192. The van der Waals surface area contributed by atoms with Crippen LogP contribution in [0.4, 0.5) is 11.4 Å². The Kier molecular flexibility index (Phi) is 6.98. The van der Waals surface area contributed by atoms with Gasteiger partial charge in [0.25, 0.3) is 11.6 Å². The first kappa shape index (κ1) is 24.8. The van der Waals surface area contributed by atoms with E-state index >= 15 is 0 Å². The second kappa shape index (κ2) is 10.1. The van der Waals surface area contributed by atoms with Gasteiger partial charge in [0.15, 0.2) is 10.7 Å². The lowest BCUT2D eigenvalue weighted by Crippen LogP contribution is -2.34. The van der Waals surface area contributed by atoms with Gasteiger partial charge < -0.3 is 14.5 Å². The minimum atomic E-state index is -0.578. The Balaban J connectivity index is 1.56. The van der Waals surface area contributed by atoms with Crippen molar-refractivity contribution in [2.45, 2.75) is 26.7 Å². The fourth-order valence-electron chi connectivity index (χ4n) is 3.64. The minimum Gasteiger partial charge on any atom is -0.495 e. The Morgan fingerprint density at radius 3 is 2.61 bits per heavy atom. The first-order chi connectivity index (χ1) is 17.2. The third kappa shape index (κ3) is 5.18. The molecule has 0 aliphatic heterocycles. The van der Waals surface area contributed by atoms with E-state index in [1.807, 2.05) is 24.3 Å². The molecule has 0 atom stereocenters. The van der Waals surface area contributed by atoms with Gasteiger partial charge in [-0.25, -0.2) is 4.98 Å². The van der Waals surface area contributed by atoms with Crippen molar-refractivity contribution >= 4 is 45.7 Å². The lowest BCUT2D eigenvalue weighted by atomic mass is 10.0. The van der Waals surface area contributed by atoms with Crippen LogP contribution in [0, 0.1) is 17.0 Å². The first-order valence-electron chi connectivity index (χ1n) is 11.1. The molecular weight excluding hydrogens is 480 g/mol. The first-order valence-corrected chi connectivity index (χ1v) is 11.5. The zero-order valence-corrected chi connectivity index (χ0v) is 20.9. The maximum atomic E-state index is 12.6. The number of hydrogen-bond acceptors (Lipinski definition) is 7. The summed E-state index contributed by atoms with van der Waals surface area (Å²) in [7, 11) is 1.51. The predicted octanol–water partition coefficient (Wildman–Crippen LogP) is 5.97. The van der Waals surface area contributed by atoms with Crippen molar-refractivity contribution in [3.63, 3.8) is 0 Å². The highest BCUT2D eigenvalue weighted by Crippen LogP contribution is 2.32. The number of carbonyl (C=O) groups is 1. The molecule has 36 heavy (non-hydrogen) atoms. The molecule has 0 bridgehead atoms. The summed E-state index contributed by atoms with van der Waals surface area (Å²) in [6, 6.07) is 15.5. The third-order valence-corrected chi connectivity index (χ3v) is 5.87. The van der Waals surface area contributed by atoms with Crippen molar-refractivity contribution < 1.29 is 18.9 Å². The highest BCUT2D eigenvalue weighted by Gasteiger charge is 2.17. The number of nitrogens with one attached hydrogen (secondary N) is 2. The second-order valence-electron chi connectivity index (χ2n) is 8.48. The molecule has 1 heterocycles. The Bertz CT molecular complexity index is 1500. The molecule has 10 heteroatoms. The molecule has 3 aromatic carbocycles. The number of amides is 1. The molecule has 4 rings (SSSR count). The molecule has 0 unspecified atom stereocenters. The van der Waals surface area contributed by atoms with E-state index in [9.17, 15) is 14.9 Å². The van der Waals surface area contributed by atoms with Crippen LogP contribution < -0.4 is 15.4 Å². The van der Waals surface area contributed by atoms with Crippen molar-refractivity contribution in [3.8, 4) is 17.2 Å². The number of nitrogens with zero attached hydrogens (tertiary/aromatic N) is 2. The number of ether oxygens (including phenoxy) is 1. The Labute approximate surface area is 212 Å². The summed E-state index contributed by atoms with van der Waals surface area (Å²) < 4.78 is 11.4. The third-order valence-electron chi connectivity index (χ3n) is 5.67. The number of benzene rings is 3. The minimum absolute atomic E-state index is 0.00202.